The molecule has 3 rings (SSSR count). The van der Waals surface area contributed by atoms with Crippen LogP contribution < -0.4 is 5.32 Å². The number of hydrogen-bond acceptors (Lipinski definition) is 4. The molecule has 1 aromatic carbocycles. The number of para-hydroxylation sites is 1. The number of carbonyl (C=O) groups is 1. The summed E-state index contributed by atoms with van der Waals surface area (Å²) in [4.78, 5) is 16.3. The lowest BCUT2D eigenvalue weighted by molar-refractivity contribution is -0.137. The Bertz CT molecular complexity index is 772. The third kappa shape index (κ3) is 5.72. The number of nitrogens with one attached hydrogen (secondary N) is 2. The zero-order chi connectivity index (χ0) is 19.3. The first-order valence-corrected chi connectivity index (χ1v) is 9.90. The van der Waals surface area contributed by atoms with Crippen molar-refractivity contribution in [2.75, 3.05) is 11.1 Å². The molecule has 27 heavy (non-hydrogen) atoms. The highest BCUT2D eigenvalue weighted by atomic mass is 32.2. The van der Waals surface area contributed by atoms with Crippen molar-refractivity contribution >= 4 is 23.4 Å². The summed E-state index contributed by atoms with van der Waals surface area (Å²) < 4.78 is 38.9. The van der Waals surface area contributed by atoms with Crippen molar-refractivity contribution in [3.8, 4) is 0 Å². The predicted octanol–water partition coefficient (Wildman–Crippen LogP) is 4.68. The monoisotopic (exact) mass is 398 g/mol. The number of amides is 1. The second-order valence-electron chi connectivity index (χ2n) is 6.63. The summed E-state index contributed by atoms with van der Waals surface area (Å²) in [6, 6.07) is 4.91. The number of aromatic nitrogens is 3. The smallest absolute Gasteiger partial charge is 0.325 e. The van der Waals surface area contributed by atoms with Gasteiger partial charge in [0, 0.05) is 6.42 Å². The summed E-state index contributed by atoms with van der Waals surface area (Å²) in [5.74, 6) is 0.943. The number of alkyl halides is 3. The lowest BCUT2D eigenvalue weighted by Crippen LogP contribution is -2.18. The molecule has 0 saturated heterocycles. The van der Waals surface area contributed by atoms with Gasteiger partial charge in [0.1, 0.15) is 5.82 Å². The van der Waals surface area contributed by atoms with Crippen LogP contribution in [-0.2, 0) is 17.4 Å². The van der Waals surface area contributed by atoms with E-state index in [2.05, 4.69) is 20.5 Å². The first-order chi connectivity index (χ1) is 12.9. The van der Waals surface area contributed by atoms with Gasteiger partial charge in [-0.05, 0) is 24.5 Å². The van der Waals surface area contributed by atoms with Crippen molar-refractivity contribution in [1.82, 2.24) is 15.2 Å². The Labute approximate surface area is 159 Å². The number of anilines is 1. The van der Waals surface area contributed by atoms with E-state index in [1.54, 1.807) is 0 Å². The summed E-state index contributed by atoms with van der Waals surface area (Å²) in [6.07, 6.45) is 2.53. The summed E-state index contributed by atoms with van der Waals surface area (Å²) in [5, 5.41) is 9.67. The van der Waals surface area contributed by atoms with Crippen molar-refractivity contribution < 1.29 is 18.0 Å². The van der Waals surface area contributed by atoms with Gasteiger partial charge in [0.2, 0.25) is 11.1 Å². The molecule has 2 aromatic rings. The molecule has 146 valence electrons. The Balaban J connectivity index is 1.48. The average Bonchev–Trinajstić information content (AvgIpc) is 3.29. The Morgan fingerprint density at radius 1 is 1.26 bits per heavy atom. The van der Waals surface area contributed by atoms with Crippen LogP contribution in [0.15, 0.2) is 29.4 Å². The first-order valence-electron chi connectivity index (χ1n) is 8.92. The third-order valence-corrected chi connectivity index (χ3v) is 5.46. The molecule has 0 unspecified atom stereocenters. The number of benzene rings is 1. The summed E-state index contributed by atoms with van der Waals surface area (Å²) in [7, 11) is 0. The molecule has 0 aliphatic heterocycles. The minimum Gasteiger partial charge on any atom is -0.325 e. The van der Waals surface area contributed by atoms with Crippen LogP contribution in [0.5, 0.6) is 0 Å². The molecule has 1 aliphatic rings. The molecule has 5 nitrogen and oxygen atoms in total. The van der Waals surface area contributed by atoms with Crippen molar-refractivity contribution in [2.24, 2.45) is 5.92 Å². The van der Waals surface area contributed by atoms with Gasteiger partial charge in [-0.15, -0.1) is 5.10 Å². The van der Waals surface area contributed by atoms with Gasteiger partial charge in [-0.2, -0.15) is 13.2 Å². The number of thioether (sulfide) groups is 1. The standard InChI is InChI=1S/C18H21F3N4OS/c19-18(20,21)13-7-3-4-8-14(13)22-16(26)11-27-17-23-15(24-25-17)10-9-12-5-1-2-6-12/h3-4,7-8,12H,1-2,5-6,9-11H2,(H,22,26)(H,23,24,25). The molecular weight excluding hydrogens is 377 g/mol. The fourth-order valence-electron chi connectivity index (χ4n) is 3.25. The van der Waals surface area contributed by atoms with E-state index < -0.39 is 17.6 Å². The number of rotatable bonds is 7. The normalized spacial score (nSPS) is 15.2. The number of aryl methyl sites for hydroxylation is 1. The third-order valence-electron chi connectivity index (χ3n) is 4.61. The number of nitrogens with zero attached hydrogens (tertiary/aromatic N) is 2. The first kappa shape index (κ1) is 19.7. The van der Waals surface area contributed by atoms with Gasteiger partial charge in [-0.25, -0.2) is 4.98 Å². The molecule has 9 heteroatoms. The van der Waals surface area contributed by atoms with Gasteiger partial charge in [0.15, 0.2) is 0 Å². The number of hydrogen-bond donors (Lipinski definition) is 2. The molecule has 0 spiro atoms. The molecule has 2 N–H and O–H groups in total. The minimum absolute atomic E-state index is 0.0634. The van der Waals surface area contributed by atoms with Gasteiger partial charge >= 0.3 is 6.18 Å². The topological polar surface area (TPSA) is 70.7 Å². The maximum atomic E-state index is 13.0. The lowest BCUT2D eigenvalue weighted by Gasteiger charge is -2.13. The van der Waals surface area contributed by atoms with Crippen LogP contribution in [-0.4, -0.2) is 26.8 Å². The fraction of sp³-hybridized carbons (Fsp3) is 0.500. The van der Waals surface area contributed by atoms with Crippen molar-refractivity contribution in [1.29, 1.82) is 0 Å². The van der Waals surface area contributed by atoms with Crippen molar-refractivity contribution in [3.05, 3.63) is 35.7 Å². The molecule has 1 aliphatic carbocycles. The van der Waals surface area contributed by atoms with E-state index >= 15 is 0 Å². The number of halogens is 3. The van der Waals surface area contributed by atoms with Crippen molar-refractivity contribution in [3.63, 3.8) is 0 Å². The molecule has 1 saturated carbocycles. The minimum atomic E-state index is -4.52. The predicted molar refractivity (Wildman–Crippen MR) is 97.5 cm³/mol. The Hall–Kier alpha value is -2.03. The average molecular weight is 398 g/mol. The lowest BCUT2D eigenvalue weighted by atomic mass is 10.0. The SMILES string of the molecule is O=C(CSc1n[nH]c(CCC2CCCC2)n1)Nc1ccccc1C(F)(F)F. The van der Waals surface area contributed by atoms with Crippen molar-refractivity contribution in [2.45, 2.75) is 49.9 Å². The van der Waals surface area contributed by atoms with E-state index in [1.165, 1.54) is 43.9 Å². The van der Waals surface area contributed by atoms with Gasteiger partial charge in [0.05, 0.1) is 17.0 Å². The number of H-pyrrole nitrogens is 1. The van der Waals surface area contributed by atoms with Crippen LogP contribution >= 0.6 is 11.8 Å². The maximum Gasteiger partial charge on any atom is 0.418 e. The highest BCUT2D eigenvalue weighted by Crippen LogP contribution is 2.34. The Morgan fingerprint density at radius 3 is 2.74 bits per heavy atom. The van der Waals surface area contributed by atoms with Crippen LogP contribution in [0.2, 0.25) is 0 Å². The fourth-order valence-corrected chi connectivity index (χ4v) is 3.87. The number of aromatic amines is 1. The van der Waals surface area contributed by atoms with Crippen LogP contribution in [0.3, 0.4) is 0 Å². The highest BCUT2D eigenvalue weighted by Gasteiger charge is 2.33. The summed E-state index contributed by atoms with van der Waals surface area (Å²) in [6.45, 7) is 0. The molecule has 0 radical (unpaired) electrons. The Kier molecular flexibility index (Phi) is 6.41. The van der Waals surface area contributed by atoms with Gasteiger partial charge < -0.3 is 5.32 Å². The largest absolute Gasteiger partial charge is 0.418 e. The summed E-state index contributed by atoms with van der Waals surface area (Å²) >= 11 is 1.09. The van der Waals surface area contributed by atoms with Gasteiger partial charge in [0.25, 0.3) is 0 Å². The van der Waals surface area contributed by atoms with Gasteiger partial charge in [-0.1, -0.05) is 49.6 Å². The molecule has 1 amide bonds. The quantitative estimate of drug-likeness (QED) is 0.665. The second-order valence-corrected chi connectivity index (χ2v) is 7.58. The summed E-state index contributed by atoms with van der Waals surface area (Å²) in [5.41, 5.74) is -1.11. The Morgan fingerprint density at radius 2 is 2.00 bits per heavy atom. The highest BCUT2D eigenvalue weighted by molar-refractivity contribution is 7.99. The molecule has 1 heterocycles. The van der Waals surface area contributed by atoms with E-state index in [0.29, 0.717) is 5.16 Å². The molecule has 0 bridgehead atoms. The van der Waals surface area contributed by atoms with E-state index in [-0.39, 0.29) is 11.4 Å². The molecule has 1 fully saturated rings. The zero-order valence-electron chi connectivity index (χ0n) is 14.7. The van der Waals surface area contributed by atoms with E-state index in [9.17, 15) is 18.0 Å². The van der Waals surface area contributed by atoms with Crippen LogP contribution in [0.25, 0.3) is 0 Å². The van der Waals surface area contributed by atoms with E-state index in [0.717, 1.165) is 42.4 Å². The van der Waals surface area contributed by atoms with Crippen LogP contribution in [0, 0.1) is 5.92 Å². The molecule has 0 atom stereocenters. The van der Waals surface area contributed by atoms with Crippen LogP contribution in [0.4, 0.5) is 18.9 Å². The molecular formula is C18H21F3N4OS. The maximum absolute atomic E-state index is 13.0. The van der Waals surface area contributed by atoms with Crippen LogP contribution in [0.1, 0.15) is 43.5 Å². The second kappa shape index (κ2) is 8.77. The molecule has 1 aromatic heterocycles. The zero-order valence-corrected chi connectivity index (χ0v) is 15.5. The van der Waals surface area contributed by atoms with E-state index in [1.807, 2.05) is 0 Å². The van der Waals surface area contributed by atoms with E-state index in [4.69, 9.17) is 0 Å². The van der Waals surface area contributed by atoms with Gasteiger partial charge in [-0.3, -0.25) is 9.89 Å². The number of carbonyl (C=O) groups excluding carboxylic acids is 1.